The number of aromatic nitrogens is 1. The molecule has 2 aromatic rings. The molecule has 2 aliphatic heterocycles. The molecule has 0 saturated carbocycles. The second-order valence-electron chi connectivity index (χ2n) is 6.74. The molecule has 2 fully saturated rings. The van der Waals surface area contributed by atoms with E-state index in [2.05, 4.69) is 10.5 Å². The summed E-state index contributed by atoms with van der Waals surface area (Å²) in [7, 11) is 1.86. The van der Waals surface area contributed by atoms with Crippen LogP contribution in [0.2, 0.25) is 5.02 Å². The number of piperidine rings is 1. The molecule has 1 amide bonds. The Morgan fingerprint density at radius 2 is 2.00 bits per heavy atom. The molecule has 4 rings (SSSR count). The summed E-state index contributed by atoms with van der Waals surface area (Å²) in [6.45, 7) is 0. The third-order valence-corrected chi connectivity index (χ3v) is 5.51. The second-order valence-corrected chi connectivity index (χ2v) is 7.14. The lowest BCUT2D eigenvalue weighted by Gasteiger charge is -2.35. The largest absolute Gasteiger partial charge is 0.355 e. The topological polar surface area (TPSA) is 58.4 Å². The molecule has 2 unspecified atom stereocenters. The van der Waals surface area contributed by atoms with Gasteiger partial charge in [-0.25, -0.2) is 0 Å². The van der Waals surface area contributed by atoms with Crippen molar-refractivity contribution in [2.75, 3.05) is 7.05 Å². The van der Waals surface area contributed by atoms with Crippen molar-refractivity contribution >= 4 is 17.5 Å². The Hall–Kier alpha value is -1.85. The fourth-order valence-electron chi connectivity index (χ4n) is 3.85. The lowest BCUT2D eigenvalue weighted by molar-refractivity contribution is 0.0671. The van der Waals surface area contributed by atoms with Gasteiger partial charge in [-0.05, 0) is 37.8 Å². The molecule has 2 bridgehead atoms. The molecule has 5 nitrogen and oxygen atoms in total. The predicted octanol–water partition coefficient (Wildman–Crippen LogP) is 3.35. The van der Waals surface area contributed by atoms with Crippen molar-refractivity contribution in [3.05, 3.63) is 41.0 Å². The number of hydrogen-bond donors (Lipinski definition) is 1. The molecule has 24 heavy (non-hydrogen) atoms. The molecule has 2 atom stereocenters. The number of hydrogen-bond acceptors (Lipinski definition) is 4. The fourth-order valence-corrected chi connectivity index (χ4v) is 4.08. The van der Waals surface area contributed by atoms with E-state index in [1.54, 1.807) is 12.1 Å². The van der Waals surface area contributed by atoms with E-state index in [1.807, 2.05) is 30.1 Å². The molecule has 0 spiro atoms. The highest BCUT2D eigenvalue weighted by atomic mass is 35.5. The van der Waals surface area contributed by atoms with Crippen LogP contribution >= 0.6 is 11.6 Å². The summed E-state index contributed by atoms with van der Waals surface area (Å²) in [5.41, 5.74) is 1.08. The molecule has 2 saturated heterocycles. The number of halogens is 1. The van der Waals surface area contributed by atoms with Crippen LogP contribution in [-0.2, 0) is 0 Å². The molecule has 126 valence electrons. The van der Waals surface area contributed by atoms with Gasteiger partial charge in [-0.2, -0.15) is 0 Å². The summed E-state index contributed by atoms with van der Waals surface area (Å²) in [6, 6.07) is 10.4. The van der Waals surface area contributed by atoms with Crippen LogP contribution < -0.4 is 5.32 Å². The molecular weight excluding hydrogens is 326 g/mol. The van der Waals surface area contributed by atoms with Gasteiger partial charge in [0.2, 0.25) is 0 Å². The summed E-state index contributed by atoms with van der Waals surface area (Å²) in [5, 5.41) is 8.14. The quantitative estimate of drug-likeness (QED) is 0.926. The highest BCUT2D eigenvalue weighted by Crippen LogP contribution is 2.31. The number of nitrogens with one attached hydrogen (secondary N) is 1. The van der Waals surface area contributed by atoms with E-state index in [4.69, 9.17) is 16.1 Å². The minimum absolute atomic E-state index is 0.0941. The monoisotopic (exact) mass is 345 g/mol. The van der Waals surface area contributed by atoms with Crippen molar-refractivity contribution in [1.29, 1.82) is 0 Å². The van der Waals surface area contributed by atoms with Gasteiger partial charge in [-0.3, -0.25) is 4.79 Å². The van der Waals surface area contributed by atoms with E-state index in [9.17, 15) is 4.79 Å². The Kier molecular flexibility index (Phi) is 4.06. The van der Waals surface area contributed by atoms with Crippen molar-refractivity contribution in [2.45, 2.75) is 43.8 Å². The van der Waals surface area contributed by atoms with Gasteiger partial charge in [-0.1, -0.05) is 28.9 Å². The Labute approximate surface area is 146 Å². The van der Waals surface area contributed by atoms with Gasteiger partial charge in [0, 0.05) is 36.8 Å². The zero-order valence-electron chi connectivity index (χ0n) is 13.5. The van der Waals surface area contributed by atoms with Gasteiger partial charge in [0.05, 0.1) is 5.02 Å². The van der Waals surface area contributed by atoms with Crippen molar-refractivity contribution in [2.24, 2.45) is 0 Å². The summed E-state index contributed by atoms with van der Waals surface area (Å²) in [6.07, 6.45) is 4.44. The van der Waals surface area contributed by atoms with E-state index < -0.39 is 0 Å². The number of fused-ring (bicyclic) bond motifs is 2. The van der Waals surface area contributed by atoms with Gasteiger partial charge in [-0.15, -0.1) is 0 Å². The Morgan fingerprint density at radius 1 is 1.29 bits per heavy atom. The van der Waals surface area contributed by atoms with Crippen molar-refractivity contribution in [3.63, 3.8) is 0 Å². The molecule has 6 heteroatoms. The first-order valence-corrected chi connectivity index (χ1v) is 8.74. The molecule has 1 aromatic heterocycles. The maximum absolute atomic E-state index is 12.8. The van der Waals surface area contributed by atoms with Crippen molar-refractivity contribution < 1.29 is 9.32 Å². The first kappa shape index (κ1) is 15.7. The maximum Gasteiger partial charge on any atom is 0.276 e. The van der Waals surface area contributed by atoms with Gasteiger partial charge in [0.1, 0.15) is 0 Å². The van der Waals surface area contributed by atoms with E-state index in [0.29, 0.717) is 28.6 Å². The van der Waals surface area contributed by atoms with Crippen LogP contribution in [0, 0.1) is 0 Å². The summed E-state index contributed by atoms with van der Waals surface area (Å²) in [5.74, 6) is 0.422. The van der Waals surface area contributed by atoms with E-state index >= 15 is 0 Å². The maximum atomic E-state index is 12.8. The number of rotatable bonds is 3. The average Bonchev–Trinajstić information content (AvgIpc) is 3.20. The van der Waals surface area contributed by atoms with Crippen LogP contribution in [0.5, 0.6) is 0 Å². The molecule has 1 aromatic carbocycles. The fraction of sp³-hybridized carbons (Fsp3) is 0.444. The van der Waals surface area contributed by atoms with E-state index in [-0.39, 0.29) is 11.9 Å². The minimum Gasteiger partial charge on any atom is -0.355 e. The molecule has 1 N–H and O–H groups in total. The molecule has 0 aliphatic carbocycles. The zero-order valence-corrected chi connectivity index (χ0v) is 14.3. The third-order valence-electron chi connectivity index (χ3n) is 5.18. The number of nitrogens with zero attached hydrogens (tertiary/aromatic N) is 2. The van der Waals surface area contributed by atoms with E-state index in [1.165, 1.54) is 12.8 Å². The molecule has 0 radical (unpaired) electrons. The summed E-state index contributed by atoms with van der Waals surface area (Å²) < 4.78 is 5.35. The van der Waals surface area contributed by atoms with Crippen molar-refractivity contribution in [3.8, 4) is 11.3 Å². The van der Waals surface area contributed by atoms with Gasteiger partial charge < -0.3 is 14.7 Å². The SMILES string of the molecule is CN(C(=O)c1cc(-c2ccccc2Cl)on1)C1CC2CCC(C1)N2. The van der Waals surface area contributed by atoms with Crippen LogP contribution in [-0.4, -0.2) is 41.1 Å². The summed E-state index contributed by atoms with van der Waals surface area (Å²) in [4.78, 5) is 14.6. The Balaban J connectivity index is 1.52. The molecule has 2 aliphatic rings. The number of carbonyl (C=O) groups excluding carboxylic acids is 1. The Bertz CT molecular complexity index is 748. The minimum atomic E-state index is -0.0941. The standard InChI is InChI=1S/C18H20ClN3O2/c1-22(13-8-11-6-7-12(9-13)20-11)18(23)16-10-17(24-21-16)14-4-2-3-5-15(14)19/h2-5,10-13,20H,6-9H2,1H3. The number of benzene rings is 1. The average molecular weight is 346 g/mol. The highest BCUT2D eigenvalue weighted by molar-refractivity contribution is 6.33. The lowest BCUT2D eigenvalue weighted by atomic mass is 9.98. The first-order chi connectivity index (χ1) is 11.6. The van der Waals surface area contributed by atoms with Gasteiger partial charge >= 0.3 is 0 Å². The summed E-state index contributed by atoms with van der Waals surface area (Å²) >= 11 is 6.18. The molecule has 3 heterocycles. The lowest BCUT2D eigenvalue weighted by Crippen LogP contribution is -2.48. The van der Waals surface area contributed by atoms with Gasteiger partial charge in [0.15, 0.2) is 11.5 Å². The predicted molar refractivity (Wildman–Crippen MR) is 92.0 cm³/mol. The first-order valence-electron chi connectivity index (χ1n) is 8.36. The normalized spacial score (nSPS) is 25.7. The van der Waals surface area contributed by atoms with Crippen LogP contribution in [0.25, 0.3) is 11.3 Å². The Morgan fingerprint density at radius 3 is 2.71 bits per heavy atom. The second kappa shape index (κ2) is 6.22. The van der Waals surface area contributed by atoms with E-state index in [0.717, 1.165) is 18.4 Å². The van der Waals surface area contributed by atoms with Crippen molar-refractivity contribution in [1.82, 2.24) is 15.4 Å². The molecular formula is C18H20ClN3O2. The van der Waals surface area contributed by atoms with Crippen LogP contribution in [0.4, 0.5) is 0 Å². The van der Waals surface area contributed by atoms with Gasteiger partial charge in [0.25, 0.3) is 5.91 Å². The van der Waals surface area contributed by atoms with Crippen LogP contribution in [0.15, 0.2) is 34.9 Å². The zero-order chi connectivity index (χ0) is 16.7. The number of carbonyl (C=O) groups is 1. The number of amides is 1. The third kappa shape index (κ3) is 2.82. The van der Waals surface area contributed by atoms with Crippen LogP contribution in [0.1, 0.15) is 36.2 Å². The highest BCUT2D eigenvalue weighted by Gasteiger charge is 2.37. The smallest absolute Gasteiger partial charge is 0.276 e. The van der Waals surface area contributed by atoms with Crippen LogP contribution in [0.3, 0.4) is 0 Å².